The first-order valence-corrected chi connectivity index (χ1v) is 7.49. The molecule has 6 nitrogen and oxygen atoms in total. The van der Waals surface area contributed by atoms with E-state index in [9.17, 15) is 4.79 Å². The van der Waals surface area contributed by atoms with E-state index in [-0.39, 0.29) is 18.0 Å². The predicted molar refractivity (Wildman–Crippen MR) is 92.4 cm³/mol. The molecule has 24 heavy (non-hydrogen) atoms. The highest BCUT2D eigenvalue weighted by molar-refractivity contribution is 6.31. The summed E-state index contributed by atoms with van der Waals surface area (Å²) in [5, 5.41) is 13.5. The molecule has 1 aromatic carbocycles. The lowest BCUT2D eigenvalue weighted by molar-refractivity contribution is 0.397. The number of hydrogen-bond acceptors (Lipinski definition) is 5. The molecular formula is C17H13ClN4O2. The van der Waals surface area contributed by atoms with Crippen LogP contribution in [0.1, 0.15) is 11.1 Å². The fraction of sp³-hybridized carbons (Fsp3) is 0.118. The van der Waals surface area contributed by atoms with Gasteiger partial charge in [0, 0.05) is 28.0 Å². The Morgan fingerprint density at radius 2 is 2.17 bits per heavy atom. The van der Waals surface area contributed by atoms with Crippen molar-refractivity contribution < 1.29 is 4.74 Å². The summed E-state index contributed by atoms with van der Waals surface area (Å²) >= 11 is 5.99. The van der Waals surface area contributed by atoms with Crippen LogP contribution in [-0.4, -0.2) is 17.1 Å². The molecule has 2 N–H and O–H groups in total. The summed E-state index contributed by atoms with van der Waals surface area (Å²) in [6, 6.07) is 12.3. The number of hydrogen-bond donors (Lipinski definition) is 2. The second-order valence-electron chi connectivity index (χ2n) is 5.07. The Balaban J connectivity index is 1.87. The van der Waals surface area contributed by atoms with Crippen LogP contribution in [0.5, 0.6) is 5.88 Å². The van der Waals surface area contributed by atoms with Crippen LogP contribution >= 0.6 is 11.6 Å². The molecular weight excluding hydrogens is 328 g/mol. The fourth-order valence-electron chi connectivity index (χ4n) is 2.32. The second-order valence-corrected chi connectivity index (χ2v) is 5.51. The number of ether oxygens (including phenoxy) is 1. The Hall–Kier alpha value is -3.04. The van der Waals surface area contributed by atoms with Gasteiger partial charge in [-0.3, -0.25) is 4.79 Å². The van der Waals surface area contributed by atoms with E-state index in [1.54, 1.807) is 36.4 Å². The molecule has 0 fully saturated rings. The minimum Gasteiger partial charge on any atom is -0.480 e. The first-order valence-electron chi connectivity index (χ1n) is 7.11. The second kappa shape index (κ2) is 6.60. The van der Waals surface area contributed by atoms with E-state index in [4.69, 9.17) is 21.6 Å². The molecule has 2 aromatic heterocycles. The van der Waals surface area contributed by atoms with Crippen LogP contribution in [0.4, 0.5) is 5.82 Å². The number of methoxy groups -OCH3 is 1. The highest BCUT2D eigenvalue weighted by Gasteiger charge is 2.07. The number of nitrogens with zero attached hydrogens (tertiary/aromatic N) is 2. The summed E-state index contributed by atoms with van der Waals surface area (Å²) in [6.45, 7) is 0.278. The minimum atomic E-state index is -0.182. The lowest BCUT2D eigenvalue weighted by Crippen LogP contribution is -2.16. The molecule has 0 spiro atoms. The molecule has 3 aromatic rings. The Labute approximate surface area is 142 Å². The average molecular weight is 341 g/mol. The number of fused-ring (bicyclic) bond motifs is 1. The topological polar surface area (TPSA) is 90.8 Å². The number of nitriles is 1. The Morgan fingerprint density at radius 3 is 2.92 bits per heavy atom. The van der Waals surface area contributed by atoms with E-state index < -0.39 is 0 Å². The summed E-state index contributed by atoms with van der Waals surface area (Å²) in [5.41, 5.74) is 1.44. The molecule has 0 amide bonds. The van der Waals surface area contributed by atoms with Crippen molar-refractivity contribution in [2.45, 2.75) is 6.54 Å². The number of halogens is 1. The van der Waals surface area contributed by atoms with Gasteiger partial charge in [-0.1, -0.05) is 11.6 Å². The highest BCUT2D eigenvalue weighted by atomic mass is 35.5. The van der Waals surface area contributed by atoms with Gasteiger partial charge in [-0.05, 0) is 36.4 Å². The largest absolute Gasteiger partial charge is 0.480 e. The third kappa shape index (κ3) is 3.16. The zero-order chi connectivity index (χ0) is 17.1. The van der Waals surface area contributed by atoms with Crippen molar-refractivity contribution in [2.75, 3.05) is 12.4 Å². The van der Waals surface area contributed by atoms with Crippen molar-refractivity contribution >= 4 is 28.3 Å². The maximum atomic E-state index is 12.1. The van der Waals surface area contributed by atoms with Gasteiger partial charge in [0.05, 0.1) is 7.11 Å². The van der Waals surface area contributed by atoms with Crippen LogP contribution in [0.25, 0.3) is 10.9 Å². The molecule has 0 bridgehead atoms. The molecule has 0 atom stereocenters. The van der Waals surface area contributed by atoms with Crippen molar-refractivity contribution in [3.63, 3.8) is 0 Å². The summed E-state index contributed by atoms with van der Waals surface area (Å²) in [5.74, 6) is 0.748. The monoisotopic (exact) mass is 340 g/mol. The normalized spacial score (nSPS) is 10.4. The predicted octanol–water partition coefficient (Wildman–Crippen LogP) is 3.07. The van der Waals surface area contributed by atoms with Gasteiger partial charge in [0.25, 0.3) is 5.56 Å². The van der Waals surface area contributed by atoms with Gasteiger partial charge in [-0.15, -0.1) is 0 Å². The van der Waals surface area contributed by atoms with Crippen LogP contribution in [0.15, 0.2) is 41.2 Å². The molecule has 0 aliphatic heterocycles. The smallest absolute Gasteiger partial charge is 0.253 e. The van der Waals surface area contributed by atoms with E-state index in [0.717, 1.165) is 10.9 Å². The molecule has 0 unspecified atom stereocenters. The van der Waals surface area contributed by atoms with Crippen molar-refractivity contribution in [2.24, 2.45) is 0 Å². The molecule has 7 heteroatoms. The number of H-pyrrole nitrogens is 1. The number of aromatic amines is 1. The van der Waals surface area contributed by atoms with Gasteiger partial charge in [-0.2, -0.15) is 10.2 Å². The molecule has 0 aliphatic rings. The molecule has 0 aliphatic carbocycles. The van der Waals surface area contributed by atoms with Crippen LogP contribution in [0.2, 0.25) is 5.02 Å². The summed E-state index contributed by atoms with van der Waals surface area (Å²) < 4.78 is 5.07. The Bertz CT molecular complexity index is 1010. The van der Waals surface area contributed by atoms with Gasteiger partial charge in [0.15, 0.2) is 0 Å². The van der Waals surface area contributed by atoms with Crippen LogP contribution in [-0.2, 0) is 6.54 Å². The van der Waals surface area contributed by atoms with Crippen LogP contribution in [0, 0.1) is 11.3 Å². The van der Waals surface area contributed by atoms with Crippen molar-refractivity contribution in [3.8, 4) is 11.9 Å². The van der Waals surface area contributed by atoms with Gasteiger partial charge in [0.1, 0.15) is 17.5 Å². The van der Waals surface area contributed by atoms with Gasteiger partial charge >= 0.3 is 0 Å². The van der Waals surface area contributed by atoms with Gasteiger partial charge in [0.2, 0.25) is 5.88 Å². The lowest BCUT2D eigenvalue weighted by Gasteiger charge is -2.08. The highest BCUT2D eigenvalue weighted by Crippen LogP contribution is 2.19. The van der Waals surface area contributed by atoms with Crippen molar-refractivity contribution in [3.05, 3.63) is 62.9 Å². The first-order chi connectivity index (χ1) is 11.6. The van der Waals surface area contributed by atoms with E-state index in [1.165, 1.54) is 7.11 Å². The third-order valence-corrected chi connectivity index (χ3v) is 3.75. The maximum absolute atomic E-state index is 12.1. The first kappa shape index (κ1) is 15.8. The zero-order valence-corrected chi connectivity index (χ0v) is 13.5. The van der Waals surface area contributed by atoms with Gasteiger partial charge < -0.3 is 15.0 Å². The summed E-state index contributed by atoms with van der Waals surface area (Å²) in [7, 11) is 1.45. The number of nitrogens with one attached hydrogen (secondary N) is 2. The lowest BCUT2D eigenvalue weighted by atomic mass is 10.1. The molecule has 0 radical (unpaired) electrons. The number of benzene rings is 1. The Morgan fingerprint density at radius 1 is 1.33 bits per heavy atom. The van der Waals surface area contributed by atoms with E-state index in [2.05, 4.69) is 15.3 Å². The van der Waals surface area contributed by atoms with Crippen molar-refractivity contribution in [1.82, 2.24) is 9.97 Å². The number of anilines is 1. The quantitative estimate of drug-likeness (QED) is 0.761. The summed E-state index contributed by atoms with van der Waals surface area (Å²) in [4.78, 5) is 19.2. The van der Waals surface area contributed by atoms with E-state index >= 15 is 0 Å². The molecule has 0 saturated heterocycles. The Kier molecular flexibility index (Phi) is 4.36. The van der Waals surface area contributed by atoms with E-state index in [1.807, 2.05) is 6.07 Å². The number of pyridine rings is 2. The van der Waals surface area contributed by atoms with E-state index in [0.29, 0.717) is 22.0 Å². The fourth-order valence-corrected chi connectivity index (χ4v) is 2.50. The minimum absolute atomic E-state index is 0.182. The number of rotatable bonds is 4. The number of aromatic nitrogens is 2. The zero-order valence-electron chi connectivity index (χ0n) is 12.8. The summed E-state index contributed by atoms with van der Waals surface area (Å²) in [6.07, 6.45) is 0. The standard InChI is InChI=1S/C17H13ClN4O2/c1-24-17-10(8-19)2-5-15(22-17)20-9-12-6-11-7-13(18)3-4-14(11)21-16(12)23/h2-7H,9H2,1H3,(H,20,22)(H,21,23). The SMILES string of the molecule is COc1nc(NCc2cc3cc(Cl)ccc3[nH]c2=O)ccc1C#N. The third-order valence-electron chi connectivity index (χ3n) is 3.52. The molecule has 2 heterocycles. The van der Waals surface area contributed by atoms with Crippen LogP contribution < -0.4 is 15.6 Å². The van der Waals surface area contributed by atoms with Crippen molar-refractivity contribution in [1.29, 1.82) is 5.26 Å². The molecule has 0 saturated carbocycles. The molecule has 3 rings (SSSR count). The van der Waals surface area contributed by atoms with Gasteiger partial charge in [-0.25, -0.2) is 0 Å². The maximum Gasteiger partial charge on any atom is 0.253 e. The molecule has 120 valence electrons. The average Bonchev–Trinajstić information content (AvgIpc) is 2.60. The van der Waals surface area contributed by atoms with Crippen LogP contribution in [0.3, 0.4) is 0 Å².